The number of para-hydroxylation sites is 1. The molecule has 0 bridgehead atoms. The number of rotatable bonds is 9. The normalized spacial score (nSPS) is 11.7. The van der Waals surface area contributed by atoms with Crippen LogP contribution in [0.2, 0.25) is 0 Å². The van der Waals surface area contributed by atoms with Crippen LogP contribution in [0.3, 0.4) is 0 Å². The second kappa shape index (κ2) is 14.4. The first-order valence-electron chi connectivity index (χ1n) is 17.2. The van der Waals surface area contributed by atoms with Gasteiger partial charge in [0.05, 0.1) is 5.69 Å². The van der Waals surface area contributed by atoms with E-state index >= 15 is 0 Å². The molecular weight excluding hydrogens is 803 g/mol. The van der Waals surface area contributed by atoms with Crippen LogP contribution in [-0.4, -0.2) is 19.3 Å². The number of nitrogens with zero attached hydrogens (tertiary/aromatic N) is 4. The van der Waals surface area contributed by atoms with Gasteiger partial charge in [-0.1, -0.05) is 95.9 Å². The van der Waals surface area contributed by atoms with Crippen molar-refractivity contribution in [1.82, 2.24) is 19.3 Å². The van der Waals surface area contributed by atoms with E-state index in [0.29, 0.717) is 17.3 Å². The Bertz CT molecular complexity index is 2300. The molecule has 7 heteroatoms. The first kappa shape index (κ1) is 35.3. The van der Waals surface area contributed by atoms with Crippen molar-refractivity contribution in [2.45, 2.75) is 72.6 Å². The van der Waals surface area contributed by atoms with Gasteiger partial charge in [0.25, 0.3) is 0 Å². The Hall–Kier alpha value is -4.54. The summed E-state index contributed by atoms with van der Waals surface area (Å²) < 4.78 is 24.8. The van der Waals surface area contributed by atoms with Gasteiger partial charge in [-0.05, 0) is 59.0 Å². The molecule has 0 unspecified atom stereocenters. The van der Waals surface area contributed by atoms with Crippen molar-refractivity contribution in [3.05, 3.63) is 132 Å². The maximum Gasteiger partial charge on any atom is 2.00 e. The minimum atomic E-state index is -0.349. The maximum absolute atomic E-state index is 14.3. The van der Waals surface area contributed by atoms with Crippen molar-refractivity contribution in [2.24, 2.45) is 0 Å². The van der Waals surface area contributed by atoms with E-state index in [1.54, 1.807) is 0 Å². The number of aromatic nitrogens is 4. The van der Waals surface area contributed by atoms with Crippen LogP contribution in [0.4, 0.5) is 4.39 Å². The SMILES string of the molecule is CCCCc1c(-c2ccc(C(C)(C)C)cc2)c(CC)nn1-c1[c-]c(Oc2[c-]c3c(cc2)c2ccccc2n3-c2cc(F)ccn2)cc(C)c1.[Pt+2]. The quantitative estimate of drug-likeness (QED) is 0.136. The molecule has 7 rings (SSSR count). The van der Waals surface area contributed by atoms with Crippen LogP contribution < -0.4 is 4.74 Å². The summed E-state index contributed by atoms with van der Waals surface area (Å²) in [5.41, 5.74) is 9.62. The number of fused-ring (bicyclic) bond motifs is 3. The molecule has 0 radical (unpaired) electrons. The summed E-state index contributed by atoms with van der Waals surface area (Å²) in [6.45, 7) is 13.2. The fraction of sp³-hybridized carbons (Fsp3) is 0.256. The van der Waals surface area contributed by atoms with Crippen molar-refractivity contribution >= 4 is 21.8 Å². The van der Waals surface area contributed by atoms with Gasteiger partial charge in [0.1, 0.15) is 11.6 Å². The summed E-state index contributed by atoms with van der Waals surface area (Å²) in [6, 6.07) is 34.8. The second-order valence-corrected chi connectivity index (χ2v) is 13.7. The van der Waals surface area contributed by atoms with Crippen LogP contribution in [0.5, 0.6) is 11.5 Å². The molecule has 0 spiro atoms. The summed E-state index contributed by atoms with van der Waals surface area (Å²) in [5, 5.41) is 7.20. The van der Waals surface area contributed by atoms with Gasteiger partial charge in [0, 0.05) is 40.5 Å². The number of halogens is 1. The molecule has 3 heterocycles. The standard InChI is InChI=1S/C43H41FN4O.Pt/c1-7-9-13-39-42(29-15-17-30(18-16-29)43(4,5)6)37(8-2)46-48(39)32-23-28(3)24-34(26-32)49-33-19-20-36-35-12-10-11-14-38(35)47(40(36)27-33)41-25-31(44)21-22-45-41;/h10-12,14-25H,7-9,13H2,1-6H3;/q-2;+2. The number of aryl methyl sites for hydroxylation is 2. The Kier molecular flexibility index (Phi) is 10.1. The monoisotopic (exact) mass is 843 g/mol. The zero-order valence-corrected chi connectivity index (χ0v) is 31.7. The van der Waals surface area contributed by atoms with Crippen LogP contribution in [0.25, 0.3) is 44.4 Å². The van der Waals surface area contributed by atoms with Crippen molar-refractivity contribution in [2.75, 3.05) is 0 Å². The van der Waals surface area contributed by atoms with Crippen LogP contribution in [-0.2, 0) is 39.3 Å². The molecule has 3 aromatic heterocycles. The van der Waals surface area contributed by atoms with Crippen molar-refractivity contribution in [1.29, 1.82) is 0 Å². The van der Waals surface area contributed by atoms with Crippen molar-refractivity contribution < 1.29 is 30.2 Å². The molecule has 50 heavy (non-hydrogen) atoms. The van der Waals surface area contributed by atoms with Gasteiger partial charge < -0.3 is 9.30 Å². The molecule has 0 aliphatic carbocycles. The zero-order chi connectivity index (χ0) is 34.3. The van der Waals surface area contributed by atoms with Gasteiger partial charge in [0.15, 0.2) is 0 Å². The Morgan fingerprint density at radius 3 is 2.36 bits per heavy atom. The minimum Gasteiger partial charge on any atom is -0.509 e. The molecular formula is C43H41FN4OPt. The Morgan fingerprint density at radius 1 is 0.860 bits per heavy atom. The van der Waals surface area contributed by atoms with Crippen LogP contribution in [0, 0.1) is 24.9 Å². The van der Waals surface area contributed by atoms with Gasteiger partial charge in [0.2, 0.25) is 0 Å². The molecule has 0 saturated carbocycles. The van der Waals surface area contributed by atoms with Gasteiger partial charge in [-0.2, -0.15) is 16.7 Å². The molecule has 0 N–H and O–H groups in total. The van der Waals surface area contributed by atoms with E-state index in [-0.39, 0.29) is 32.3 Å². The first-order chi connectivity index (χ1) is 23.6. The maximum atomic E-state index is 14.3. The predicted octanol–water partition coefficient (Wildman–Crippen LogP) is 11.1. The summed E-state index contributed by atoms with van der Waals surface area (Å²) >= 11 is 0. The summed E-state index contributed by atoms with van der Waals surface area (Å²) in [6.07, 6.45) is 5.35. The van der Waals surface area contributed by atoms with Gasteiger partial charge in [-0.3, -0.25) is 4.68 Å². The fourth-order valence-corrected chi connectivity index (χ4v) is 6.63. The molecule has 0 aliphatic heterocycles. The van der Waals surface area contributed by atoms with E-state index in [4.69, 9.17) is 9.84 Å². The average molecular weight is 844 g/mol. The van der Waals surface area contributed by atoms with Gasteiger partial charge in [-0.15, -0.1) is 35.7 Å². The molecule has 0 saturated heterocycles. The molecule has 4 aromatic carbocycles. The van der Waals surface area contributed by atoms with E-state index in [1.807, 2.05) is 41.0 Å². The number of ether oxygens (including phenoxy) is 1. The largest absolute Gasteiger partial charge is 2.00 e. The smallest absolute Gasteiger partial charge is 0.509 e. The molecule has 0 fully saturated rings. The average Bonchev–Trinajstić information content (AvgIpc) is 3.62. The molecule has 7 aromatic rings. The van der Waals surface area contributed by atoms with Gasteiger partial charge in [-0.25, -0.2) is 9.37 Å². The van der Waals surface area contributed by atoms with E-state index in [0.717, 1.165) is 64.4 Å². The van der Waals surface area contributed by atoms with Crippen molar-refractivity contribution in [3.8, 4) is 34.1 Å². The Labute approximate surface area is 308 Å². The molecule has 0 aliphatic rings. The molecule has 5 nitrogen and oxygen atoms in total. The summed E-state index contributed by atoms with van der Waals surface area (Å²) in [5.74, 6) is 1.24. The van der Waals surface area contributed by atoms with E-state index in [9.17, 15) is 4.39 Å². The van der Waals surface area contributed by atoms with Gasteiger partial charge >= 0.3 is 21.1 Å². The third kappa shape index (κ3) is 6.78. The van der Waals surface area contributed by atoms with Crippen LogP contribution in [0.15, 0.2) is 91.1 Å². The van der Waals surface area contributed by atoms with Crippen molar-refractivity contribution in [3.63, 3.8) is 0 Å². The molecule has 0 amide bonds. The minimum absolute atomic E-state index is 0. The van der Waals surface area contributed by atoms with Crippen LogP contribution in [0.1, 0.15) is 70.0 Å². The number of benzene rings is 4. The predicted molar refractivity (Wildman–Crippen MR) is 197 cm³/mol. The second-order valence-electron chi connectivity index (χ2n) is 13.7. The summed E-state index contributed by atoms with van der Waals surface area (Å²) in [4.78, 5) is 4.48. The number of unbranched alkanes of at least 4 members (excludes halogenated alkanes) is 1. The van der Waals surface area contributed by atoms with E-state index in [1.165, 1.54) is 40.7 Å². The summed E-state index contributed by atoms with van der Waals surface area (Å²) in [7, 11) is 0. The first-order valence-corrected chi connectivity index (χ1v) is 17.2. The van der Waals surface area contributed by atoms with Crippen LogP contribution >= 0.6 is 0 Å². The third-order valence-corrected chi connectivity index (χ3v) is 9.11. The van der Waals surface area contributed by atoms with E-state index in [2.05, 4.69) is 99.7 Å². The fourth-order valence-electron chi connectivity index (χ4n) is 6.63. The Morgan fingerprint density at radius 2 is 1.64 bits per heavy atom. The third-order valence-electron chi connectivity index (χ3n) is 9.11. The molecule has 0 atom stereocenters. The molecule has 256 valence electrons. The Balaban J connectivity index is 0.00000432. The number of hydrogen-bond donors (Lipinski definition) is 0. The van der Waals surface area contributed by atoms with E-state index < -0.39 is 0 Å². The topological polar surface area (TPSA) is 44.9 Å². The number of hydrogen-bond acceptors (Lipinski definition) is 3. The number of pyridine rings is 1. The zero-order valence-electron chi connectivity index (χ0n) is 29.4.